The molecule has 10 nitrogen and oxygen atoms in total. The van der Waals surface area contributed by atoms with Crippen molar-refractivity contribution in [1.82, 2.24) is 4.90 Å². The first-order chi connectivity index (χ1) is 14.2. The Morgan fingerprint density at radius 1 is 0.935 bits per heavy atom. The van der Waals surface area contributed by atoms with E-state index in [0.29, 0.717) is 10.5 Å². The predicted molar refractivity (Wildman–Crippen MR) is 106 cm³/mol. The quantitative estimate of drug-likeness (QED) is 0.393. The molecule has 170 valence electrons. The van der Waals surface area contributed by atoms with Gasteiger partial charge in [-0.2, -0.15) is 4.90 Å². The lowest BCUT2D eigenvalue weighted by atomic mass is 10.0. The van der Waals surface area contributed by atoms with Gasteiger partial charge in [0.15, 0.2) is 12.1 Å². The molecule has 1 aromatic rings. The molecule has 10 heteroatoms. The van der Waals surface area contributed by atoms with E-state index in [0.717, 1.165) is 7.11 Å². The maximum absolute atomic E-state index is 12.5. The molecular weight excluding hydrogens is 410 g/mol. The molecule has 1 heterocycles. The van der Waals surface area contributed by atoms with Gasteiger partial charge in [0.05, 0.1) is 7.11 Å². The lowest BCUT2D eigenvalue weighted by Gasteiger charge is -2.25. The highest BCUT2D eigenvalue weighted by Crippen LogP contribution is 2.35. The molecular formula is C21H27NO9. The topological polar surface area (TPSA) is 118 Å². The maximum atomic E-state index is 12.5. The Balaban J connectivity index is 2.24. The fourth-order valence-corrected chi connectivity index (χ4v) is 2.67. The van der Waals surface area contributed by atoms with Crippen LogP contribution in [-0.2, 0) is 23.7 Å². The number of amides is 2. The van der Waals surface area contributed by atoms with Crippen molar-refractivity contribution in [3.05, 3.63) is 29.8 Å². The molecule has 0 aromatic heterocycles. The maximum Gasteiger partial charge on any atom is 0.514 e. The molecule has 2 amide bonds. The van der Waals surface area contributed by atoms with Crippen molar-refractivity contribution in [1.29, 1.82) is 0 Å². The van der Waals surface area contributed by atoms with Crippen molar-refractivity contribution in [3.63, 3.8) is 0 Å². The minimum Gasteiger partial charge on any atom is -0.467 e. The Kier molecular flexibility index (Phi) is 6.83. The number of rotatable bonds is 3. The van der Waals surface area contributed by atoms with E-state index in [1.807, 2.05) is 0 Å². The first-order valence-corrected chi connectivity index (χ1v) is 9.53. The summed E-state index contributed by atoms with van der Waals surface area (Å²) in [5, 5.41) is 0. The van der Waals surface area contributed by atoms with Gasteiger partial charge in [-0.3, -0.25) is 0 Å². The van der Waals surface area contributed by atoms with E-state index in [2.05, 4.69) is 0 Å². The average Bonchev–Trinajstić information content (AvgIpc) is 2.96. The number of imide groups is 1. The minimum atomic E-state index is -1.38. The highest BCUT2D eigenvalue weighted by Gasteiger charge is 2.52. The Bertz CT molecular complexity index is 849. The zero-order valence-corrected chi connectivity index (χ0v) is 18.6. The van der Waals surface area contributed by atoms with E-state index in [1.54, 1.807) is 41.5 Å². The Hall–Kier alpha value is -3.30. The van der Waals surface area contributed by atoms with Gasteiger partial charge in [0.2, 0.25) is 0 Å². The Morgan fingerprint density at radius 3 is 1.97 bits per heavy atom. The molecule has 1 aliphatic heterocycles. The SMILES string of the molecule is COC(=O)[C@@H]1[C@@H](c2ccc(OC(=O)OC(C)(C)C)cc2)OC(=O)N1C(=O)OC(C)(C)C. The second-order valence-corrected chi connectivity index (χ2v) is 8.76. The number of hydrogen-bond acceptors (Lipinski definition) is 9. The van der Waals surface area contributed by atoms with Gasteiger partial charge in [-0.1, -0.05) is 12.1 Å². The van der Waals surface area contributed by atoms with Crippen LogP contribution in [0.3, 0.4) is 0 Å². The largest absolute Gasteiger partial charge is 0.514 e. The number of carbonyl (C=O) groups is 4. The van der Waals surface area contributed by atoms with Crippen LogP contribution in [0.25, 0.3) is 0 Å². The molecule has 0 spiro atoms. The van der Waals surface area contributed by atoms with Gasteiger partial charge in [-0.15, -0.1) is 0 Å². The number of cyclic esters (lactones) is 1. The van der Waals surface area contributed by atoms with Crippen molar-refractivity contribution < 1.29 is 42.9 Å². The summed E-state index contributed by atoms with van der Waals surface area (Å²) in [6.45, 7) is 9.99. The van der Waals surface area contributed by atoms with Crippen LogP contribution in [-0.4, -0.2) is 53.6 Å². The van der Waals surface area contributed by atoms with E-state index in [-0.39, 0.29) is 5.75 Å². The van der Waals surface area contributed by atoms with Crippen LogP contribution in [0.15, 0.2) is 24.3 Å². The van der Waals surface area contributed by atoms with Crippen LogP contribution >= 0.6 is 0 Å². The summed E-state index contributed by atoms with van der Waals surface area (Å²) in [7, 11) is 1.13. The first-order valence-electron chi connectivity index (χ1n) is 9.53. The molecule has 0 aliphatic carbocycles. The summed E-state index contributed by atoms with van der Waals surface area (Å²) in [5.41, 5.74) is -1.23. The number of methoxy groups -OCH3 is 1. The number of nitrogens with zero attached hydrogens (tertiary/aromatic N) is 1. The van der Waals surface area contributed by atoms with Gasteiger partial charge in [0.25, 0.3) is 0 Å². The molecule has 1 aliphatic rings. The van der Waals surface area contributed by atoms with Crippen LogP contribution in [0.2, 0.25) is 0 Å². The molecule has 0 N–H and O–H groups in total. The second-order valence-electron chi connectivity index (χ2n) is 8.76. The summed E-state index contributed by atoms with van der Waals surface area (Å²) in [6, 6.07) is 4.48. The standard InChI is InChI=1S/C21H27NO9/c1-20(2,3)30-18(25)22-14(16(23)27-7)15(29-17(22)24)12-8-10-13(11-9-12)28-19(26)31-21(4,5)6/h8-11,14-15H,1-7H3/t14-,15+/m0/s1. The number of ether oxygens (including phenoxy) is 5. The van der Waals surface area contributed by atoms with Gasteiger partial charge < -0.3 is 23.7 Å². The molecule has 0 saturated carbocycles. The van der Waals surface area contributed by atoms with Gasteiger partial charge in [0.1, 0.15) is 17.0 Å². The molecule has 1 aromatic carbocycles. The Morgan fingerprint density at radius 2 is 1.48 bits per heavy atom. The van der Waals surface area contributed by atoms with Crippen molar-refractivity contribution in [2.75, 3.05) is 7.11 Å². The van der Waals surface area contributed by atoms with Crippen molar-refractivity contribution in [2.24, 2.45) is 0 Å². The fourth-order valence-electron chi connectivity index (χ4n) is 2.67. The number of esters is 1. The molecule has 1 saturated heterocycles. The molecule has 2 rings (SSSR count). The van der Waals surface area contributed by atoms with Crippen molar-refractivity contribution in [2.45, 2.75) is 64.9 Å². The van der Waals surface area contributed by atoms with Crippen LogP contribution in [0.1, 0.15) is 53.2 Å². The summed E-state index contributed by atoms with van der Waals surface area (Å²) in [6.07, 6.45) is -4.08. The summed E-state index contributed by atoms with van der Waals surface area (Å²) in [4.78, 5) is 49.6. The van der Waals surface area contributed by atoms with Gasteiger partial charge >= 0.3 is 24.3 Å². The first kappa shape index (κ1) is 24.0. The molecule has 0 bridgehead atoms. The zero-order valence-electron chi connectivity index (χ0n) is 18.6. The van der Waals surface area contributed by atoms with E-state index in [1.165, 1.54) is 24.3 Å². The molecule has 1 fully saturated rings. The predicted octanol–water partition coefficient (Wildman–Crippen LogP) is 3.97. The lowest BCUT2D eigenvalue weighted by Crippen LogP contribution is -2.47. The molecule has 0 unspecified atom stereocenters. The van der Waals surface area contributed by atoms with E-state index in [4.69, 9.17) is 23.7 Å². The highest BCUT2D eigenvalue weighted by molar-refractivity contribution is 5.96. The smallest absolute Gasteiger partial charge is 0.467 e. The van der Waals surface area contributed by atoms with Crippen LogP contribution in [0, 0.1) is 0 Å². The third-order valence-corrected chi connectivity index (χ3v) is 3.82. The van der Waals surface area contributed by atoms with Crippen LogP contribution in [0.5, 0.6) is 5.75 Å². The van der Waals surface area contributed by atoms with Gasteiger partial charge in [-0.05, 0) is 59.2 Å². The van der Waals surface area contributed by atoms with Crippen LogP contribution < -0.4 is 4.74 Å². The number of hydrogen-bond donors (Lipinski definition) is 0. The van der Waals surface area contributed by atoms with E-state index < -0.39 is 47.7 Å². The fraction of sp³-hybridized carbons (Fsp3) is 0.524. The molecule has 2 atom stereocenters. The van der Waals surface area contributed by atoms with Crippen molar-refractivity contribution in [3.8, 4) is 5.75 Å². The zero-order chi connectivity index (χ0) is 23.6. The van der Waals surface area contributed by atoms with E-state index in [9.17, 15) is 19.2 Å². The lowest BCUT2D eigenvalue weighted by molar-refractivity contribution is -0.146. The van der Waals surface area contributed by atoms with Gasteiger partial charge in [0, 0.05) is 0 Å². The number of benzene rings is 1. The monoisotopic (exact) mass is 437 g/mol. The number of carbonyl (C=O) groups excluding carboxylic acids is 4. The normalized spacial score (nSPS) is 18.8. The molecule has 31 heavy (non-hydrogen) atoms. The third kappa shape index (κ3) is 6.34. The minimum absolute atomic E-state index is 0.181. The average molecular weight is 437 g/mol. The second kappa shape index (κ2) is 8.83. The Labute approximate surface area is 180 Å². The molecule has 0 radical (unpaired) electrons. The summed E-state index contributed by atoms with van der Waals surface area (Å²) < 4.78 is 25.4. The van der Waals surface area contributed by atoms with E-state index >= 15 is 0 Å². The third-order valence-electron chi connectivity index (χ3n) is 3.82. The highest BCUT2D eigenvalue weighted by atomic mass is 16.7. The summed E-state index contributed by atoms with van der Waals surface area (Å²) in [5.74, 6) is -0.670. The van der Waals surface area contributed by atoms with Gasteiger partial charge in [-0.25, -0.2) is 19.2 Å². The van der Waals surface area contributed by atoms with Crippen molar-refractivity contribution >= 4 is 24.3 Å². The summed E-state index contributed by atoms with van der Waals surface area (Å²) >= 11 is 0. The van der Waals surface area contributed by atoms with Crippen LogP contribution in [0.4, 0.5) is 14.4 Å².